The first-order valence-electron chi connectivity index (χ1n) is 4.09. The summed E-state index contributed by atoms with van der Waals surface area (Å²) in [6.45, 7) is 0. The number of aliphatic hydroxyl groups is 1. The van der Waals surface area contributed by atoms with Crippen LogP contribution in [0.15, 0.2) is 28.7 Å². The molecule has 0 saturated carbocycles. The summed E-state index contributed by atoms with van der Waals surface area (Å²) < 4.78 is 22.3. The van der Waals surface area contributed by atoms with Crippen molar-refractivity contribution in [2.45, 2.75) is 10.3 Å². The molecule has 84 valence electrons. The fraction of sp³-hybridized carbons (Fsp3) is 0.333. The van der Waals surface area contributed by atoms with Crippen LogP contribution in [0, 0.1) is 0 Å². The van der Waals surface area contributed by atoms with Gasteiger partial charge in [-0.25, -0.2) is 8.42 Å². The zero-order valence-corrected chi connectivity index (χ0v) is 11.9. The molecule has 0 fully saturated rings. The van der Waals surface area contributed by atoms with E-state index in [1.807, 2.05) is 0 Å². The van der Waals surface area contributed by atoms with Gasteiger partial charge in [-0.3, -0.25) is 0 Å². The van der Waals surface area contributed by atoms with Gasteiger partial charge in [0.1, 0.15) is 10.3 Å². The van der Waals surface area contributed by atoms with E-state index in [-0.39, 0.29) is 0 Å². The highest BCUT2D eigenvalue weighted by molar-refractivity contribution is 9.11. The maximum Gasteiger partial charge on any atom is 0.163 e. The van der Waals surface area contributed by atoms with E-state index in [0.717, 1.165) is 10.7 Å². The molecule has 0 bridgehead atoms. The van der Waals surface area contributed by atoms with Crippen LogP contribution in [-0.4, -0.2) is 23.9 Å². The molecule has 1 N–H and O–H groups in total. The van der Waals surface area contributed by atoms with E-state index in [2.05, 4.69) is 31.9 Å². The molecule has 0 aliphatic rings. The summed E-state index contributed by atoms with van der Waals surface area (Å²) in [5.74, 6) is 0. The number of alkyl halides is 1. The first-order chi connectivity index (χ1) is 6.82. The Kier molecular flexibility index (Phi) is 4.34. The lowest BCUT2D eigenvalue weighted by molar-refractivity contribution is 0.195. The summed E-state index contributed by atoms with van der Waals surface area (Å²) >= 11 is 6.23. The van der Waals surface area contributed by atoms with Gasteiger partial charge in [-0.05, 0) is 17.7 Å². The van der Waals surface area contributed by atoms with E-state index in [4.69, 9.17) is 0 Å². The van der Waals surface area contributed by atoms with Gasteiger partial charge in [-0.1, -0.05) is 44.0 Å². The molecule has 0 radical (unpaired) electrons. The van der Waals surface area contributed by atoms with Crippen LogP contribution in [0.2, 0.25) is 0 Å². The Morgan fingerprint density at radius 3 is 2.13 bits per heavy atom. The van der Waals surface area contributed by atoms with E-state index >= 15 is 0 Å². The fourth-order valence-corrected chi connectivity index (χ4v) is 2.24. The minimum atomic E-state index is -3.31. The van der Waals surface area contributed by atoms with Crippen molar-refractivity contribution in [1.82, 2.24) is 0 Å². The highest BCUT2D eigenvalue weighted by atomic mass is 79.9. The highest BCUT2D eigenvalue weighted by Crippen LogP contribution is 2.27. The molecule has 1 aromatic carbocycles. The lowest BCUT2D eigenvalue weighted by atomic mass is 10.1. The second kappa shape index (κ2) is 4.95. The number of aliphatic hydroxyl groups excluding tert-OH is 1. The monoisotopic (exact) mass is 356 g/mol. The van der Waals surface area contributed by atoms with E-state index < -0.39 is 20.1 Å². The first kappa shape index (κ1) is 13.2. The van der Waals surface area contributed by atoms with Gasteiger partial charge in [-0.2, -0.15) is 0 Å². The smallest absolute Gasteiger partial charge is 0.163 e. The van der Waals surface area contributed by atoms with E-state index in [9.17, 15) is 13.5 Å². The second-order valence-electron chi connectivity index (χ2n) is 3.18. The van der Waals surface area contributed by atoms with E-state index in [1.165, 1.54) is 0 Å². The first-order valence-corrected chi connectivity index (χ1v) is 7.75. The SMILES string of the molecule is CS(=O)(=O)[C@H](Br)[C@@H](O)c1ccc(Br)cc1. The van der Waals surface area contributed by atoms with Crippen LogP contribution in [0.25, 0.3) is 0 Å². The topological polar surface area (TPSA) is 54.4 Å². The van der Waals surface area contributed by atoms with Gasteiger partial charge < -0.3 is 5.11 Å². The summed E-state index contributed by atoms with van der Waals surface area (Å²) in [5, 5.41) is 9.77. The Labute approximate surface area is 106 Å². The Hall–Kier alpha value is 0.0900. The summed E-state index contributed by atoms with van der Waals surface area (Å²) in [6.07, 6.45) is 0.0159. The molecule has 0 aliphatic heterocycles. The number of sulfone groups is 1. The number of halogens is 2. The average Bonchev–Trinajstić information content (AvgIpc) is 2.15. The predicted octanol–water partition coefficient (Wildman–Crippen LogP) is 2.25. The normalized spacial score (nSPS) is 16.0. The molecule has 0 amide bonds. The highest BCUT2D eigenvalue weighted by Gasteiger charge is 2.26. The third-order valence-electron chi connectivity index (χ3n) is 1.87. The van der Waals surface area contributed by atoms with Crippen molar-refractivity contribution in [2.75, 3.05) is 6.26 Å². The summed E-state index contributed by atoms with van der Waals surface area (Å²) in [5.41, 5.74) is 0.561. The predicted molar refractivity (Wildman–Crippen MR) is 66.7 cm³/mol. The molecular formula is C9H10Br2O3S. The molecule has 1 rings (SSSR count). The molecule has 0 saturated heterocycles. The van der Waals surface area contributed by atoms with Gasteiger partial charge in [-0.15, -0.1) is 0 Å². The maximum atomic E-state index is 11.2. The summed E-state index contributed by atoms with van der Waals surface area (Å²) in [6, 6.07) is 6.85. The molecule has 1 aromatic rings. The Morgan fingerprint density at radius 2 is 1.73 bits per heavy atom. The fourth-order valence-electron chi connectivity index (χ4n) is 1.05. The van der Waals surface area contributed by atoms with Gasteiger partial charge in [0.2, 0.25) is 0 Å². The summed E-state index contributed by atoms with van der Waals surface area (Å²) in [7, 11) is -3.31. The van der Waals surface area contributed by atoms with Gasteiger partial charge in [0.25, 0.3) is 0 Å². The molecule has 3 nitrogen and oxygen atoms in total. The van der Waals surface area contributed by atoms with Crippen molar-refractivity contribution >= 4 is 41.7 Å². The van der Waals surface area contributed by atoms with Crippen molar-refractivity contribution in [2.24, 2.45) is 0 Å². The minimum Gasteiger partial charge on any atom is -0.386 e. The Balaban J connectivity index is 2.95. The number of hydrogen-bond donors (Lipinski definition) is 1. The third kappa shape index (κ3) is 3.55. The van der Waals surface area contributed by atoms with Crippen molar-refractivity contribution < 1.29 is 13.5 Å². The van der Waals surface area contributed by atoms with Crippen LogP contribution < -0.4 is 0 Å². The lowest BCUT2D eigenvalue weighted by Gasteiger charge is -2.15. The number of rotatable bonds is 3. The molecule has 0 heterocycles. The zero-order chi connectivity index (χ0) is 11.6. The van der Waals surface area contributed by atoms with Crippen LogP contribution in [0.4, 0.5) is 0 Å². The lowest BCUT2D eigenvalue weighted by Crippen LogP contribution is -2.21. The maximum absolute atomic E-state index is 11.2. The summed E-state index contributed by atoms with van der Waals surface area (Å²) in [4.78, 5) is 0. The van der Waals surface area contributed by atoms with E-state index in [1.54, 1.807) is 24.3 Å². The Bertz CT molecular complexity index is 427. The van der Waals surface area contributed by atoms with E-state index in [0.29, 0.717) is 5.56 Å². The minimum absolute atomic E-state index is 0.561. The molecule has 6 heteroatoms. The van der Waals surface area contributed by atoms with Crippen LogP contribution in [0.5, 0.6) is 0 Å². The molecule has 0 aromatic heterocycles. The largest absolute Gasteiger partial charge is 0.386 e. The molecule has 0 aliphatic carbocycles. The van der Waals surface area contributed by atoms with Crippen LogP contribution in [-0.2, 0) is 9.84 Å². The number of hydrogen-bond acceptors (Lipinski definition) is 3. The van der Waals surface area contributed by atoms with Gasteiger partial charge >= 0.3 is 0 Å². The van der Waals surface area contributed by atoms with Crippen molar-refractivity contribution in [3.8, 4) is 0 Å². The van der Waals surface area contributed by atoms with Crippen molar-refractivity contribution in [3.05, 3.63) is 34.3 Å². The third-order valence-corrected chi connectivity index (χ3v) is 6.01. The van der Waals surface area contributed by atoms with Crippen LogP contribution in [0.3, 0.4) is 0 Å². The molecule has 2 atom stereocenters. The molecule has 0 unspecified atom stereocenters. The quantitative estimate of drug-likeness (QED) is 0.844. The number of benzene rings is 1. The molecule has 15 heavy (non-hydrogen) atoms. The standard InChI is InChI=1S/C9H10Br2O3S/c1-15(13,14)9(11)8(12)6-2-4-7(10)5-3-6/h2-5,8-9,12H,1H3/t8-,9-/m0/s1. The van der Waals surface area contributed by atoms with Crippen molar-refractivity contribution in [1.29, 1.82) is 0 Å². The average molecular weight is 358 g/mol. The van der Waals surface area contributed by atoms with Crippen LogP contribution in [0.1, 0.15) is 11.7 Å². The van der Waals surface area contributed by atoms with Gasteiger partial charge in [0.05, 0.1) is 0 Å². The van der Waals surface area contributed by atoms with Crippen molar-refractivity contribution in [3.63, 3.8) is 0 Å². The van der Waals surface area contributed by atoms with Crippen LogP contribution >= 0.6 is 31.9 Å². The molecular weight excluding hydrogens is 348 g/mol. The Morgan fingerprint density at radius 1 is 1.27 bits per heavy atom. The zero-order valence-electron chi connectivity index (χ0n) is 7.89. The van der Waals surface area contributed by atoms with Gasteiger partial charge in [0.15, 0.2) is 9.84 Å². The second-order valence-corrected chi connectivity index (χ2v) is 7.85. The van der Waals surface area contributed by atoms with Gasteiger partial charge in [0, 0.05) is 10.7 Å². The molecule has 0 spiro atoms.